The van der Waals surface area contributed by atoms with Crippen LogP contribution in [0.1, 0.15) is 9.67 Å². The van der Waals surface area contributed by atoms with Crippen LogP contribution in [0.3, 0.4) is 0 Å². The van der Waals surface area contributed by atoms with Gasteiger partial charge in [0.1, 0.15) is 0 Å². The van der Waals surface area contributed by atoms with Crippen molar-refractivity contribution >= 4 is 33.4 Å². The molecule has 0 aliphatic heterocycles. The maximum atomic E-state index is 10.9. The van der Waals surface area contributed by atoms with Crippen LogP contribution in [0, 0.1) is 0 Å². The van der Waals surface area contributed by atoms with Crippen LogP contribution < -0.4 is 4.90 Å². The van der Waals surface area contributed by atoms with Gasteiger partial charge in [-0.1, -0.05) is 18.2 Å². The van der Waals surface area contributed by atoms with Crippen LogP contribution in [0.2, 0.25) is 0 Å². The van der Waals surface area contributed by atoms with Crippen molar-refractivity contribution in [1.29, 1.82) is 0 Å². The molecule has 2 aromatic rings. The van der Waals surface area contributed by atoms with Gasteiger partial charge in [-0.25, -0.2) is 0 Å². The molecule has 1 heterocycles. The highest BCUT2D eigenvalue weighted by Gasteiger charge is 2.11. The van der Waals surface area contributed by atoms with Crippen LogP contribution in [0.15, 0.2) is 24.3 Å². The van der Waals surface area contributed by atoms with Crippen LogP contribution in [0.4, 0.5) is 5.69 Å². The second-order valence-corrected chi connectivity index (χ2v) is 4.41. The van der Waals surface area contributed by atoms with Crippen molar-refractivity contribution in [2.45, 2.75) is 0 Å². The zero-order valence-corrected chi connectivity index (χ0v) is 8.97. The summed E-state index contributed by atoms with van der Waals surface area (Å²) in [5.74, 6) is 0. The summed E-state index contributed by atoms with van der Waals surface area (Å²) in [4.78, 5) is 13.7. The lowest BCUT2D eigenvalue weighted by molar-refractivity contribution is 0.112. The molecule has 0 atom stereocenters. The molecule has 2 rings (SSSR count). The highest BCUT2D eigenvalue weighted by atomic mass is 32.1. The number of hydrogen-bond acceptors (Lipinski definition) is 3. The fourth-order valence-corrected chi connectivity index (χ4v) is 2.69. The maximum absolute atomic E-state index is 10.9. The Balaban J connectivity index is 2.80. The summed E-state index contributed by atoms with van der Waals surface area (Å²) in [6, 6.07) is 8.08. The van der Waals surface area contributed by atoms with E-state index in [4.69, 9.17) is 0 Å². The van der Waals surface area contributed by atoms with E-state index < -0.39 is 0 Å². The Labute approximate surface area is 86.8 Å². The fourth-order valence-electron chi connectivity index (χ4n) is 1.59. The molecule has 3 heteroatoms. The lowest BCUT2D eigenvalue weighted by Gasteiger charge is -2.11. The predicted molar refractivity (Wildman–Crippen MR) is 61.5 cm³/mol. The largest absolute Gasteiger partial charge is 0.376 e. The number of benzene rings is 1. The number of aldehydes is 1. The minimum atomic E-state index is 0.802. The third-order valence-corrected chi connectivity index (χ3v) is 3.24. The quantitative estimate of drug-likeness (QED) is 0.703. The Hall–Kier alpha value is -1.35. The first-order chi connectivity index (χ1) is 6.74. The highest BCUT2D eigenvalue weighted by molar-refractivity contribution is 7.21. The molecule has 0 radical (unpaired) electrons. The van der Waals surface area contributed by atoms with Crippen LogP contribution >= 0.6 is 11.3 Å². The summed E-state index contributed by atoms with van der Waals surface area (Å²) in [6.07, 6.45) is 0.931. The van der Waals surface area contributed by atoms with E-state index in [9.17, 15) is 4.79 Å². The Kier molecular flexibility index (Phi) is 2.25. The van der Waals surface area contributed by atoms with Crippen molar-refractivity contribution < 1.29 is 4.79 Å². The molecule has 0 bridgehead atoms. The van der Waals surface area contributed by atoms with Gasteiger partial charge in [-0.05, 0) is 6.07 Å². The van der Waals surface area contributed by atoms with E-state index in [0.717, 1.165) is 22.2 Å². The lowest BCUT2D eigenvalue weighted by atomic mass is 10.2. The molecule has 14 heavy (non-hydrogen) atoms. The Bertz CT molecular complexity index is 473. The molecule has 0 saturated heterocycles. The van der Waals surface area contributed by atoms with Gasteiger partial charge in [0.2, 0.25) is 0 Å². The van der Waals surface area contributed by atoms with Gasteiger partial charge in [0.05, 0.1) is 10.6 Å². The number of rotatable bonds is 2. The summed E-state index contributed by atoms with van der Waals surface area (Å²) < 4.78 is 1.17. The molecule has 72 valence electrons. The zero-order valence-electron chi connectivity index (χ0n) is 8.15. The number of hydrogen-bond donors (Lipinski definition) is 0. The minimum absolute atomic E-state index is 0.802. The normalized spacial score (nSPS) is 10.4. The summed E-state index contributed by atoms with van der Waals surface area (Å²) >= 11 is 1.54. The Morgan fingerprint density at radius 3 is 2.64 bits per heavy atom. The molecule has 0 aliphatic rings. The first-order valence-corrected chi connectivity index (χ1v) is 5.19. The number of thiophene rings is 1. The molecule has 0 spiro atoms. The predicted octanol–water partition coefficient (Wildman–Crippen LogP) is 2.78. The van der Waals surface area contributed by atoms with Crippen molar-refractivity contribution in [3.63, 3.8) is 0 Å². The van der Waals surface area contributed by atoms with E-state index in [1.165, 1.54) is 4.70 Å². The van der Waals surface area contributed by atoms with Crippen LogP contribution in [-0.4, -0.2) is 20.4 Å². The zero-order chi connectivity index (χ0) is 10.1. The van der Waals surface area contributed by atoms with Gasteiger partial charge >= 0.3 is 0 Å². The third-order valence-electron chi connectivity index (χ3n) is 2.15. The first-order valence-electron chi connectivity index (χ1n) is 4.38. The molecular formula is C11H11NOS. The summed E-state index contributed by atoms with van der Waals surface area (Å²) in [5.41, 5.74) is 1.03. The van der Waals surface area contributed by atoms with Crippen molar-refractivity contribution in [2.24, 2.45) is 0 Å². The van der Waals surface area contributed by atoms with Gasteiger partial charge in [-0.15, -0.1) is 11.3 Å². The van der Waals surface area contributed by atoms with Gasteiger partial charge in [-0.2, -0.15) is 0 Å². The van der Waals surface area contributed by atoms with E-state index in [1.807, 2.05) is 43.3 Å². The van der Waals surface area contributed by atoms with Crippen LogP contribution in [-0.2, 0) is 0 Å². The number of carbonyl (C=O) groups excluding carboxylic acids is 1. The molecular weight excluding hydrogens is 194 g/mol. The van der Waals surface area contributed by atoms with Crippen molar-refractivity contribution in [3.05, 3.63) is 29.1 Å². The number of carbonyl (C=O) groups is 1. The average Bonchev–Trinajstić information content (AvgIpc) is 2.55. The first kappa shape index (κ1) is 9.21. The van der Waals surface area contributed by atoms with Gasteiger partial charge < -0.3 is 4.90 Å². The molecule has 1 aromatic heterocycles. The second-order valence-electron chi connectivity index (χ2n) is 3.32. The minimum Gasteiger partial charge on any atom is -0.376 e. The summed E-state index contributed by atoms with van der Waals surface area (Å²) in [6.45, 7) is 0. The lowest BCUT2D eigenvalue weighted by Crippen LogP contribution is -2.09. The van der Waals surface area contributed by atoms with Crippen molar-refractivity contribution in [3.8, 4) is 0 Å². The second kappa shape index (κ2) is 3.42. The van der Waals surface area contributed by atoms with Crippen molar-refractivity contribution in [2.75, 3.05) is 19.0 Å². The maximum Gasteiger partial charge on any atom is 0.162 e. The SMILES string of the molecule is CN(C)c1c(C=O)sc2ccccc12. The number of fused-ring (bicyclic) bond motifs is 1. The molecule has 0 unspecified atom stereocenters. The molecule has 1 aromatic carbocycles. The fraction of sp³-hybridized carbons (Fsp3) is 0.182. The van der Waals surface area contributed by atoms with Gasteiger partial charge in [0.25, 0.3) is 0 Å². The van der Waals surface area contributed by atoms with E-state index >= 15 is 0 Å². The molecule has 0 N–H and O–H groups in total. The molecule has 0 saturated carbocycles. The topological polar surface area (TPSA) is 20.3 Å². The molecule has 0 aliphatic carbocycles. The van der Waals surface area contributed by atoms with Gasteiger partial charge in [-0.3, -0.25) is 4.79 Å². The smallest absolute Gasteiger partial charge is 0.162 e. The van der Waals surface area contributed by atoms with Gasteiger partial charge in [0, 0.05) is 24.2 Å². The average molecular weight is 205 g/mol. The highest BCUT2D eigenvalue weighted by Crippen LogP contribution is 2.35. The summed E-state index contributed by atoms with van der Waals surface area (Å²) in [7, 11) is 3.92. The van der Waals surface area contributed by atoms with Crippen LogP contribution in [0.25, 0.3) is 10.1 Å². The van der Waals surface area contributed by atoms with E-state index in [2.05, 4.69) is 0 Å². The van der Waals surface area contributed by atoms with E-state index in [1.54, 1.807) is 11.3 Å². The van der Waals surface area contributed by atoms with Crippen LogP contribution in [0.5, 0.6) is 0 Å². The number of nitrogens with zero attached hydrogens (tertiary/aromatic N) is 1. The monoisotopic (exact) mass is 205 g/mol. The van der Waals surface area contributed by atoms with E-state index in [0.29, 0.717) is 0 Å². The standard InChI is InChI=1S/C11H11NOS/c1-12(2)11-8-5-3-4-6-9(8)14-10(11)7-13/h3-7H,1-2H3. The third kappa shape index (κ3) is 1.30. The van der Waals surface area contributed by atoms with E-state index in [-0.39, 0.29) is 0 Å². The Morgan fingerprint density at radius 1 is 1.29 bits per heavy atom. The number of anilines is 1. The molecule has 0 fully saturated rings. The molecule has 0 amide bonds. The van der Waals surface area contributed by atoms with Gasteiger partial charge in [0.15, 0.2) is 6.29 Å². The van der Waals surface area contributed by atoms with Crippen molar-refractivity contribution in [1.82, 2.24) is 0 Å². The Morgan fingerprint density at radius 2 is 2.00 bits per heavy atom. The molecule has 2 nitrogen and oxygen atoms in total. The summed E-state index contributed by atoms with van der Waals surface area (Å²) in [5, 5.41) is 1.16.